The number of rotatable bonds is 6. The Labute approximate surface area is 152 Å². The molecule has 7 nitrogen and oxygen atoms in total. The number of nitrogens with zero attached hydrogens (tertiary/aromatic N) is 1. The molecule has 2 aromatic carbocycles. The van der Waals surface area contributed by atoms with E-state index in [4.69, 9.17) is 0 Å². The summed E-state index contributed by atoms with van der Waals surface area (Å²) >= 11 is 0. The monoisotopic (exact) mass is 375 g/mol. The zero-order valence-electron chi connectivity index (χ0n) is 14.8. The third kappa shape index (κ3) is 4.90. The average Bonchev–Trinajstić information content (AvgIpc) is 2.53. The minimum Gasteiger partial charge on any atom is -0.507 e. The number of sulfonamides is 1. The second-order valence-electron chi connectivity index (χ2n) is 5.90. The number of phenols is 1. The Kier molecular flexibility index (Phi) is 6.12. The Bertz CT molecular complexity index is 930. The van der Waals surface area contributed by atoms with Gasteiger partial charge in [0.2, 0.25) is 10.0 Å². The number of hydrogen-bond donors (Lipinski definition) is 3. The Balaban J connectivity index is 2.00. The standard InChI is InChI=1S/C18H21N3O4S/c1-12-8-13(2)18(14(3)9-12)26(24,25)20-11-17(23)21-19-10-15-6-4-5-7-16(15)22/h4-10,20,22H,11H2,1-3H3,(H,21,23)/b19-10-. The van der Waals surface area contributed by atoms with Gasteiger partial charge < -0.3 is 5.11 Å². The van der Waals surface area contributed by atoms with Crippen molar-refractivity contribution in [2.24, 2.45) is 5.10 Å². The second kappa shape index (κ2) is 8.11. The molecule has 0 aliphatic rings. The summed E-state index contributed by atoms with van der Waals surface area (Å²) in [7, 11) is -3.82. The Hall–Kier alpha value is -2.71. The number of hydrogen-bond acceptors (Lipinski definition) is 5. The number of aromatic hydroxyl groups is 1. The van der Waals surface area contributed by atoms with Crippen LogP contribution >= 0.6 is 0 Å². The van der Waals surface area contributed by atoms with Crippen molar-refractivity contribution in [3.63, 3.8) is 0 Å². The highest BCUT2D eigenvalue weighted by Crippen LogP contribution is 2.21. The van der Waals surface area contributed by atoms with Crippen LogP contribution in [0.5, 0.6) is 5.75 Å². The lowest BCUT2D eigenvalue weighted by Crippen LogP contribution is -2.35. The van der Waals surface area contributed by atoms with Gasteiger partial charge >= 0.3 is 0 Å². The van der Waals surface area contributed by atoms with E-state index in [9.17, 15) is 18.3 Å². The van der Waals surface area contributed by atoms with Gasteiger partial charge in [-0.15, -0.1) is 0 Å². The van der Waals surface area contributed by atoms with E-state index in [1.807, 2.05) is 6.92 Å². The number of para-hydroxylation sites is 1. The molecule has 0 bridgehead atoms. The maximum atomic E-state index is 12.5. The Morgan fingerprint density at radius 3 is 2.38 bits per heavy atom. The molecule has 0 unspecified atom stereocenters. The molecular weight excluding hydrogens is 354 g/mol. The van der Waals surface area contributed by atoms with E-state index in [0.717, 1.165) is 5.56 Å². The van der Waals surface area contributed by atoms with E-state index >= 15 is 0 Å². The van der Waals surface area contributed by atoms with Gasteiger partial charge in [-0.05, 0) is 44.0 Å². The van der Waals surface area contributed by atoms with Crippen LogP contribution in [0.15, 0.2) is 46.4 Å². The lowest BCUT2D eigenvalue weighted by atomic mass is 10.1. The summed E-state index contributed by atoms with van der Waals surface area (Å²) in [6, 6.07) is 10.0. The molecule has 2 aromatic rings. The highest BCUT2D eigenvalue weighted by molar-refractivity contribution is 7.89. The lowest BCUT2D eigenvalue weighted by Gasteiger charge is -2.12. The molecule has 0 radical (unpaired) electrons. The molecular formula is C18H21N3O4S. The average molecular weight is 375 g/mol. The second-order valence-corrected chi connectivity index (χ2v) is 7.61. The Morgan fingerprint density at radius 1 is 1.15 bits per heavy atom. The molecule has 0 aliphatic heterocycles. The van der Waals surface area contributed by atoms with Gasteiger partial charge in [0, 0.05) is 5.56 Å². The lowest BCUT2D eigenvalue weighted by molar-refractivity contribution is -0.119. The van der Waals surface area contributed by atoms with Crippen molar-refractivity contribution in [3.05, 3.63) is 58.7 Å². The smallest absolute Gasteiger partial charge is 0.255 e. The first-order valence-corrected chi connectivity index (χ1v) is 9.36. The molecule has 0 atom stereocenters. The summed E-state index contributed by atoms with van der Waals surface area (Å²) < 4.78 is 27.2. The van der Waals surface area contributed by atoms with Crippen molar-refractivity contribution < 1.29 is 18.3 Å². The van der Waals surface area contributed by atoms with Crippen molar-refractivity contribution in [1.29, 1.82) is 0 Å². The van der Waals surface area contributed by atoms with Crippen molar-refractivity contribution >= 4 is 22.1 Å². The molecule has 26 heavy (non-hydrogen) atoms. The van der Waals surface area contributed by atoms with Crippen LogP contribution in [-0.2, 0) is 14.8 Å². The van der Waals surface area contributed by atoms with E-state index in [0.29, 0.717) is 16.7 Å². The molecule has 0 heterocycles. The van der Waals surface area contributed by atoms with Crippen LogP contribution in [0.4, 0.5) is 0 Å². The number of benzene rings is 2. The highest BCUT2D eigenvalue weighted by atomic mass is 32.2. The Morgan fingerprint density at radius 2 is 1.77 bits per heavy atom. The van der Waals surface area contributed by atoms with Crippen molar-refractivity contribution in [1.82, 2.24) is 10.1 Å². The number of nitrogens with one attached hydrogen (secondary N) is 2. The SMILES string of the molecule is Cc1cc(C)c(S(=O)(=O)NCC(=O)N/N=C\c2ccccc2O)c(C)c1. The highest BCUT2D eigenvalue weighted by Gasteiger charge is 2.20. The number of aryl methyl sites for hydroxylation is 3. The van der Waals surface area contributed by atoms with Crippen LogP contribution in [-0.4, -0.2) is 32.2 Å². The van der Waals surface area contributed by atoms with E-state index in [1.165, 1.54) is 12.3 Å². The zero-order valence-corrected chi connectivity index (χ0v) is 15.6. The van der Waals surface area contributed by atoms with E-state index in [2.05, 4.69) is 15.2 Å². The van der Waals surface area contributed by atoms with Gasteiger partial charge in [-0.25, -0.2) is 18.6 Å². The third-order valence-corrected chi connectivity index (χ3v) is 5.33. The summed E-state index contributed by atoms with van der Waals surface area (Å²) in [6.07, 6.45) is 1.27. The molecule has 138 valence electrons. The maximum Gasteiger partial charge on any atom is 0.255 e. The first-order chi connectivity index (χ1) is 12.2. The van der Waals surface area contributed by atoms with E-state index in [1.54, 1.807) is 44.2 Å². The molecule has 0 aliphatic carbocycles. The van der Waals surface area contributed by atoms with Crippen LogP contribution in [0.1, 0.15) is 22.3 Å². The van der Waals surface area contributed by atoms with Gasteiger partial charge in [0.25, 0.3) is 5.91 Å². The topological polar surface area (TPSA) is 108 Å². The largest absolute Gasteiger partial charge is 0.507 e. The predicted molar refractivity (Wildman–Crippen MR) is 99.7 cm³/mol. The third-order valence-electron chi connectivity index (χ3n) is 3.63. The fourth-order valence-corrected chi connectivity index (χ4v) is 4.06. The number of carbonyl (C=O) groups excluding carboxylic acids is 1. The fourth-order valence-electron chi connectivity index (χ4n) is 2.63. The van der Waals surface area contributed by atoms with Crippen LogP contribution < -0.4 is 10.1 Å². The van der Waals surface area contributed by atoms with Gasteiger partial charge in [0.15, 0.2) is 0 Å². The van der Waals surface area contributed by atoms with Crippen molar-refractivity contribution in [2.75, 3.05) is 6.54 Å². The van der Waals surface area contributed by atoms with E-state index in [-0.39, 0.29) is 10.6 Å². The molecule has 1 amide bonds. The predicted octanol–water partition coefficient (Wildman–Crippen LogP) is 1.75. The summed E-state index contributed by atoms with van der Waals surface area (Å²) in [5.74, 6) is -0.598. The van der Waals surface area contributed by atoms with E-state index < -0.39 is 22.5 Å². The summed E-state index contributed by atoms with van der Waals surface area (Å²) in [5.41, 5.74) is 4.85. The summed E-state index contributed by atoms with van der Waals surface area (Å²) in [5, 5.41) is 13.3. The van der Waals surface area contributed by atoms with Crippen LogP contribution in [0.2, 0.25) is 0 Å². The van der Waals surface area contributed by atoms with Crippen molar-refractivity contribution in [3.8, 4) is 5.75 Å². The van der Waals surface area contributed by atoms with Crippen LogP contribution in [0.3, 0.4) is 0 Å². The van der Waals surface area contributed by atoms with Crippen LogP contribution in [0.25, 0.3) is 0 Å². The molecule has 0 saturated heterocycles. The first kappa shape index (κ1) is 19.6. The number of phenolic OH excluding ortho intramolecular Hbond substituents is 1. The zero-order chi connectivity index (χ0) is 19.3. The van der Waals surface area contributed by atoms with Gasteiger partial charge in [-0.2, -0.15) is 5.10 Å². The fraction of sp³-hybridized carbons (Fsp3) is 0.222. The van der Waals surface area contributed by atoms with Gasteiger partial charge in [0.1, 0.15) is 5.75 Å². The summed E-state index contributed by atoms with van der Waals surface area (Å²) in [4.78, 5) is 12.0. The molecule has 0 fully saturated rings. The molecule has 3 N–H and O–H groups in total. The van der Waals surface area contributed by atoms with Gasteiger partial charge in [-0.1, -0.05) is 29.8 Å². The number of hydrazone groups is 1. The normalized spacial score (nSPS) is 11.7. The number of amides is 1. The number of carbonyl (C=O) groups is 1. The van der Waals surface area contributed by atoms with Crippen LogP contribution in [0, 0.1) is 20.8 Å². The molecule has 0 saturated carbocycles. The van der Waals surface area contributed by atoms with Gasteiger partial charge in [-0.3, -0.25) is 4.79 Å². The molecule has 0 spiro atoms. The maximum absolute atomic E-state index is 12.5. The molecule has 0 aromatic heterocycles. The first-order valence-electron chi connectivity index (χ1n) is 7.88. The summed E-state index contributed by atoms with van der Waals surface area (Å²) in [6.45, 7) is 4.86. The minimum absolute atomic E-state index is 0.0246. The molecule has 2 rings (SSSR count). The molecule has 8 heteroatoms. The van der Waals surface area contributed by atoms with Crippen molar-refractivity contribution in [2.45, 2.75) is 25.7 Å². The quantitative estimate of drug-likeness (QED) is 0.528. The minimum atomic E-state index is -3.82. The van der Waals surface area contributed by atoms with Gasteiger partial charge in [0.05, 0.1) is 17.7 Å².